The fourth-order valence-electron chi connectivity index (χ4n) is 2.90. The summed E-state index contributed by atoms with van der Waals surface area (Å²) in [5.41, 5.74) is 7.42. The first-order chi connectivity index (χ1) is 15.5. The Bertz CT molecular complexity index is 1310. The van der Waals surface area contributed by atoms with E-state index < -0.39 is 26.5 Å². The number of benzene rings is 3. The smallest absolute Gasteiger partial charge is 0.270 e. The minimum Gasteiger partial charge on any atom is -0.331 e. The molecule has 33 heavy (non-hydrogen) atoms. The number of halogens is 1. The first-order valence-electron chi connectivity index (χ1n) is 9.52. The molecule has 4 N–H and O–H groups in total. The van der Waals surface area contributed by atoms with Gasteiger partial charge in [0.1, 0.15) is 10.7 Å². The molecule has 9 nitrogen and oxygen atoms in total. The Morgan fingerprint density at radius 1 is 1.00 bits per heavy atom. The summed E-state index contributed by atoms with van der Waals surface area (Å²) in [5.74, 6) is -0.408. The number of thiocarbonyl (C=S) groups is 1. The number of nitrogens with zero attached hydrogens (tertiary/aromatic N) is 1. The van der Waals surface area contributed by atoms with E-state index in [1.165, 1.54) is 30.3 Å². The van der Waals surface area contributed by atoms with E-state index in [2.05, 4.69) is 20.9 Å². The van der Waals surface area contributed by atoms with Crippen LogP contribution in [0.3, 0.4) is 0 Å². The topological polar surface area (TPSA) is 125 Å². The van der Waals surface area contributed by atoms with E-state index in [1.807, 2.05) is 13.0 Å². The highest BCUT2D eigenvalue weighted by Crippen LogP contribution is 2.29. The van der Waals surface area contributed by atoms with Crippen molar-refractivity contribution in [2.45, 2.75) is 18.7 Å². The van der Waals surface area contributed by atoms with E-state index >= 15 is 0 Å². The normalized spacial score (nSPS) is 10.9. The Labute approximate surface area is 195 Å². The second-order valence-corrected chi connectivity index (χ2v) is 9.13. The Kier molecular flexibility index (Phi) is 7.09. The highest BCUT2D eigenvalue weighted by atomic mass is 32.2. The number of non-ortho nitro benzene ring substituents is 1. The second-order valence-electron chi connectivity index (χ2n) is 7.07. The molecule has 0 atom stereocenters. The third-order valence-corrected chi connectivity index (χ3v) is 6.11. The SMILES string of the molecule is Cc1ccc(NS(=O)(=O)c2cc([N+](=O)[O-])ccc2NNC(=S)Nc2ccc(F)cc2)c(C)c1. The number of nitro benzene ring substituents is 1. The van der Waals surface area contributed by atoms with Gasteiger partial charge < -0.3 is 5.32 Å². The molecule has 0 saturated carbocycles. The third-order valence-electron chi connectivity index (χ3n) is 4.50. The van der Waals surface area contributed by atoms with Gasteiger partial charge in [-0.15, -0.1) is 0 Å². The summed E-state index contributed by atoms with van der Waals surface area (Å²) in [6.45, 7) is 3.63. The predicted molar refractivity (Wildman–Crippen MR) is 129 cm³/mol. The Morgan fingerprint density at radius 3 is 2.30 bits per heavy atom. The zero-order valence-electron chi connectivity index (χ0n) is 17.5. The van der Waals surface area contributed by atoms with Gasteiger partial charge in [0.25, 0.3) is 15.7 Å². The summed E-state index contributed by atoms with van der Waals surface area (Å²) in [6.07, 6.45) is 0. The van der Waals surface area contributed by atoms with Gasteiger partial charge in [-0.1, -0.05) is 17.7 Å². The molecule has 0 aliphatic carbocycles. The van der Waals surface area contributed by atoms with Crippen LogP contribution in [0.5, 0.6) is 0 Å². The van der Waals surface area contributed by atoms with Crippen molar-refractivity contribution < 1.29 is 17.7 Å². The van der Waals surface area contributed by atoms with E-state index in [-0.39, 0.29) is 15.7 Å². The molecule has 0 amide bonds. The molecule has 3 aromatic carbocycles. The molecule has 0 aromatic heterocycles. The van der Waals surface area contributed by atoms with E-state index in [1.54, 1.807) is 19.1 Å². The molecule has 172 valence electrons. The lowest BCUT2D eigenvalue weighted by molar-refractivity contribution is -0.385. The van der Waals surface area contributed by atoms with Crippen LogP contribution in [0.25, 0.3) is 0 Å². The maximum atomic E-state index is 13.1. The average Bonchev–Trinajstić information content (AvgIpc) is 2.75. The van der Waals surface area contributed by atoms with E-state index in [0.29, 0.717) is 16.9 Å². The monoisotopic (exact) mass is 489 g/mol. The molecule has 0 radical (unpaired) electrons. The number of rotatable bonds is 7. The Morgan fingerprint density at radius 2 is 1.67 bits per heavy atom. The van der Waals surface area contributed by atoms with Gasteiger partial charge in [-0.25, -0.2) is 12.8 Å². The largest absolute Gasteiger partial charge is 0.331 e. The summed E-state index contributed by atoms with van der Waals surface area (Å²) >= 11 is 5.15. The standard InChI is InChI=1S/C21H20FN5O4S2/c1-13-3-9-18(14(2)11-13)26-33(30,31)20-12-17(27(28)29)8-10-19(20)24-25-21(32)23-16-6-4-15(22)5-7-16/h3-12,24,26H,1-2H3,(H2,23,25,32). The molecule has 0 spiro atoms. The molecule has 0 aliphatic rings. The molecule has 12 heteroatoms. The number of nitrogens with one attached hydrogen (secondary N) is 4. The zero-order valence-corrected chi connectivity index (χ0v) is 19.2. The van der Waals surface area contributed by atoms with Crippen molar-refractivity contribution in [2.24, 2.45) is 0 Å². The number of aryl methyl sites for hydroxylation is 2. The molecule has 0 bridgehead atoms. The quantitative estimate of drug-likeness (QED) is 0.218. The number of hydrogen-bond donors (Lipinski definition) is 4. The average molecular weight is 490 g/mol. The van der Waals surface area contributed by atoms with Crippen LogP contribution in [0.1, 0.15) is 11.1 Å². The van der Waals surface area contributed by atoms with Crippen LogP contribution in [-0.2, 0) is 10.0 Å². The van der Waals surface area contributed by atoms with E-state index in [0.717, 1.165) is 17.7 Å². The number of anilines is 3. The fourth-order valence-corrected chi connectivity index (χ4v) is 4.38. The summed E-state index contributed by atoms with van der Waals surface area (Å²) in [4.78, 5) is 10.2. The lowest BCUT2D eigenvalue weighted by Gasteiger charge is -2.17. The van der Waals surface area contributed by atoms with Gasteiger partial charge in [-0.3, -0.25) is 25.7 Å². The van der Waals surface area contributed by atoms with Gasteiger partial charge in [0.15, 0.2) is 5.11 Å². The van der Waals surface area contributed by atoms with Gasteiger partial charge >= 0.3 is 0 Å². The van der Waals surface area contributed by atoms with Crippen LogP contribution in [0.2, 0.25) is 0 Å². The molecule has 3 rings (SSSR count). The fraction of sp³-hybridized carbons (Fsp3) is 0.0952. The molecule has 0 aliphatic heterocycles. The lowest BCUT2D eigenvalue weighted by Crippen LogP contribution is -2.34. The molecule has 0 heterocycles. The van der Waals surface area contributed by atoms with E-state index in [9.17, 15) is 22.9 Å². The van der Waals surface area contributed by atoms with Crippen molar-refractivity contribution in [1.82, 2.24) is 5.43 Å². The van der Waals surface area contributed by atoms with Gasteiger partial charge in [0.2, 0.25) is 0 Å². The third kappa shape index (κ3) is 6.14. The van der Waals surface area contributed by atoms with Crippen LogP contribution >= 0.6 is 12.2 Å². The molecule has 0 saturated heterocycles. The number of nitro groups is 1. The summed E-state index contributed by atoms with van der Waals surface area (Å²) in [6, 6.07) is 14.0. The van der Waals surface area contributed by atoms with Crippen molar-refractivity contribution in [1.29, 1.82) is 0 Å². The highest BCUT2D eigenvalue weighted by Gasteiger charge is 2.23. The highest BCUT2D eigenvalue weighted by molar-refractivity contribution is 7.93. The lowest BCUT2D eigenvalue weighted by atomic mass is 10.1. The maximum absolute atomic E-state index is 13.1. The molecule has 3 aromatic rings. The Balaban J connectivity index is 1.85. The summed E-state index contributed by atoms with van der Waals surface area (Å²) < 4.78 is 41.7. The summed E-state index contributed by atoms with van der Waals surface area (Å²) in [5, 5.41) is 14.1. The number of hydrazine groups is 1. The van der Waals surface area contributed by atoms with Crippen LogP contribution in [0.15, 0.2) is 65.6 Å². The van der Waals surface area contributed by atoms with Crippen molar-refractivity contribution in [3.05, 3.63) is 87.7 Å². The van der Waals surface area contributed by atoms with Crippen LogP contribution in [0, 0.1) is 29.8 Å². The van der Waals surface area contributed by atoms with Crippen molar-refractivity contribution >= 4 is 50.1 Å². The Hall–Kier alpha value is -3.77. The van der Waals surface area contributed by atoms with Crippen LogP contribution in [0.4, 0.5) is 27.1 Å². The van der Waals surface area contributed by atoms with Crippen LogP contribution < -0.4 is 20.9 Å². The number of sulfonamides is 1. The van der Waals surface area contributed by atoms with Crippen molar-refractivity contribution in [2.75, 3.05) is 15.5 Å². The molecular weight excluding hydrogens is 469 g/mol. The number of hydrogen-bond acceptors (Lipinski definition) is 6. The first kappa shape index (κ1) is 23.9. The van der Waals surface area contributed by atoms with Gasteiger partial charge in [-0.05, 0) is 68.0 Å². The van der Waals surface area contributed by atoms with Gasteiger partial charge in [0, 0.05) is 17.8 Å². The molecular formula is C21H20FN5O4S2. The van der Waals surface area contributed by atoms with Crippen molar-refractivity contribution in [3.63, 3.8) is 0 Å². The molecule has 0 fully saturated rings. The first-order valence-corrected chi connectivity index (χ1v) is 11.4. The van der Waals surface area contributed by atoms with Crippen molar-refractivity contribution in [3.8, 4) is 0 Å². The zero-order chi connectivity index (χ0) is 24.2. The van der Waals surface area contributed by atoms with Gasteiger partial charge in [0.05, 0.1) is 16.3 Å². The van der Waals surface area contributed by atoms with Crippen LogP contribution in [-0.4, -0.2) is 18.5 Å². The van der Waals surface area contributed by atoms with Gasteiger partial charge in [-0.2, -0.15) is 0 Å². The minimum atomic E-state index is -4.21. The minimum absolute atomic E-state index is 0.0288. The summed E-state index contributed by atoms with van der Waals surface area (Å²) in [7, 11) is -4.21. The molecule has 0 unspecified atom stereocenters. The maximum Gasteiger partial charge on any atom is 0.270 e. The second kappa shape index (κ2) is 9.79. The predicted octanol–water partition coefficient (Wildman–Crippen LogP) is 4.47. The van der Waals surface area contributed by atoms with E-state index in [4.69, 9.17) is 12.2 Å².